The van der Waals surface area contributed by atoms with Crippen LogP contribution in [0.1, 0.15) is 42.1 Å². The van der Waals surface area contributed by atoms with Crippen LogP contribution in [-0.4, -0.2) is 36.5 Å². The number of nitriles is 1. The second kappa shape index (κ2) is 7.06. The summed E-state index contributed by atoms with van der Waals surface area (Å²) in [6.45, 7) is 4.80. The maximum absolute atomic E-state index is 12.6. The molecule has 4 nitrogen and oxygen atoms in total. The Bertz CT molecular complexity index is 483. The minimum atomic E-state index is 0.0741. The van der Waals surface area contributed by atoms with Gasteiger partial charge in [-0.15, -0.1) is 0 Å². The molecule has 0 saturated carbocycles. The highest BCUT2D eigenvalue weighted by Crippen LogP contribution is 2.15. The molecule has 0 spiro atoms. The predicted octanol–water partition coefficient (Wildman–Crippen LogP) is 2.16. The molecule has 1 aliphatic rings. The van der Waals surface area contributed by atoms with Gasteiger partial charge >= 0.3 is 0 Å². The fourth-order valence-electron chi connectivity index (χ4n) is 2.64. The Labute approximate surface area is 120 Å². The van der Waals surface area contributed by atoms with Gasteiger partial charge < -0.3 is 10.2 Å². The van der Waals surface area contributed by atoms with Gasteiger partial charge in [0.05, 0.1) is 11.6 Å². The first-order valence-electron chi connectivity index (χ1n) is 7.28. The van der Waals surface area contributed by atoms with Gasteiger partial charge in [-0.2, -0.15) is 5.26 Å². The molecule has 0 bridgehead atoms. The van der Waals surface area contributed by atoms with Gasteiger partial charge in [-0.05, 0) is 50.1 Å². The molecule has 0 aromatic heterocycles. The summed E-state index contributed by atoms with van der Waals surface area (Å²) in [4.78, 5) is 14.6. The molecule has 1 aliphatic heterocycles. The number of piperidine rings is 1. The van der Waals surface area contributed by atoms with Crippen molar-refractivity contribution in [1.29, 1.82) is 5.26 Å². The zero-order chi connectivity index (χ0) is 14.4. The van der Waals surface area contributed by atoms with E-state index in [1.165, 1.54) is 0 Å². The van der Waals surface area contributed by atoms with Gasteiger partial charge in [0.1, 0.15) is 0 Å². The minimum Gasteiger partial charge on any atom is -0.334 e. The van der Waals surface area contributed by atoms with E-state index in [1.54, 1.807) is 24.3 Å². The third-order valence-electron chi connectivity index (χ3n) is 3.70. The lowest BCUT2D eigenvalue weighted by Crippen LogP contribution is -2.49. The van der Waals surface area contributed by atoms with Crippen LogP contribution >= 0.6 is 0 Å². The first kappa shape index (κ1) is 14.5. The lowest BCUT2D eigenvalue weighted by Gasteiger charge is -2.34. The monoisotopic (exact) mass is 271 g/mol. The van der Waals surface area contributed by atoms with Crippen LogP contribution in [0.5, 0.6) is 0 Å². The predicted molar refractivity (Wildman–Crippen MR) is 78.4 cm³/mol. The van der Waals surface area contributed by atoms with Crippen molar-refractivity contribution in [3.8, 4) is 6.07 Å². The van der Waals surface area contributed by atoms with E-state index in [-0.39, 0.29) is 11.9 Å². The van der Waals surface area contributed by atoms with Crippen LogP contribution in [0.25, 0.3) is 0 Å². The van der Waals surface area contributed by atoms with Crippen molar-refractivity contribution in [3.05, 3.63) is 35.4 Å². The zero-order valence-corrected chi connectivity index (χ0v) is 11.9. The molecule has 4 heteroatoms. The van der Waals surface area contributed by atoms with Gasteiger partial charge in [0.2, 0.25) is 0 Å². The van der Waals surface area contributed by atoms with Crippen LogP contribution in [0.15, 0.2) is 24.3 Å². The molecule has 1 saturated heterocycles. The smallest absolute Gasteiger partial charge is 0.254 e. The van der Waals surface area contributed by atoms with Crippen molar-refractivity contribution < 1.29 is 4.79 Å². The summed E-state index contributed by atoms with van der Waals surface area (Å²) in [5, 5.41) is 12.2. The number of hydrogen-bond donors (Lipinski definition) is 1. The average molecular weight is 271 g/mol. The molecule has 1 unspecified atom stereocenters. The van der Waals surface area contributed by atoms with Crippen molar-refractivity contribution in [2.75, 3.05) is 19.6 Å². The van der Waals surface area contributed by atoms with Crippen LogP contribution in [-0.2, 0) is 0 Å². The fourth-order valence-corrected chi connectivity index (χ4v) is 2.64. The first-order chi connectivity index (χ1) is 9.76. The Morgan fingerprint density at radius 2 is 2.20 bits per heavy atom. The van der Waals surface area contributed by atoms with E-state index in [9.17, 15) is 4.79 Å². The van der Waals surface area contributed by atoms with E-state index < -0.39 is 0 Å². The fraction of sp³-hybridized carbons (Fsp3) is 0.500. The molecule has 1 amide bonds. The lowest BCUT2D eigenvalue weighted by atomic mass is 10.0. The molecule has 1 aromatic carbocycles. The van der Waals surface area contributed by atoms with Crippen LogP contribution in [0.4, 0.5) is 0 Å². The molecular formula is C16H21N3O. The quantitative estimate of drug-likeness (QED) is 0.913. The Kier molecular flexibility index (Phi) is 5.14. The number of nitrogens with one attached hydrogen (secondary N) is 1. The van der Waals surface area contributed by atoms with Gasteiger partial charge in [0.15, 0.2) is 0 Å². The second-order valence-electron chi connectivity index (χ2n) is 5.19. The maximum atomic E-state index is 12.6. The van der Waals surface area contributed by atoms with Crippen molar-refractivity contribution in [1.82, 2.24) is 10.2 Å². The van der Waals surface area contributed by atoms with Gasteiger partial charge in [0, 0.05) is 24.7 Å². The summed E-state index contributed by atoms with van der Waals surface area (Å²) >= 11 is 0. The van der Waals surface area contributed by atoms with Crippen LogP contribution in [0, 0.1) is 11.3 Å². The normalized spacial score (nSPS) is 18.3. The second-order valence-corrected chi connectivity index (χ2v) is 5.19. The molecule has 1 fully saturated rings. The number of hydrogen-bond acceptors (Lipinski definition) is 3. The van der Waals surface area contributed by atoms with Crippen LogP contribution in [0.3, 0.4) is 0 Å². The zero-order valence-electron chi connectivity index (χ0n) is 11.9. The molecule has 0 aliphatic carbocycles. The minimum absolute atomic E-state index is 0.0741. The number of benzene rings is 1. The highest BCUT2D eigenvalue weighted by Gasteiger charge is 2.25. The number of carbonyl (C=O) groups excluding carboxylic acids is 1. The van der Waals surface area contributed by atoms with Crippen LogP contribution in [0.2, 0.25) is 0 Å². The SMILES string of the molecule is CCCN(C(=O)c1ccc(C#N)cc1)C1CCCNC1. The standard InChI is InChI=1S/C16H21N3O/c1-2-10-19(15-4-3-9-18-12-15)16(20)14-7-5-13(11-17)6-8-14/h5-8,15,18H,2-4,9-10,12H2,1H3. The summed E-state index contributed by atoms with van der Waals surface area (Å²) in [6, 6.07) is 9.27. The Morgan fingerprint density at radius 3 is 2.75 bits per heavy atom. The maximum Gasteiger partial charge on any atom is 0.254 e. The van der Waals surface area contributed by atoms with E-state index in [0.717, 1.165) is 38.9 Å². The molecule has 2 rings (SSSR count). The lowest BCUT2D eigenvalue weighted by molar-refractivity contribution is 0.0649. The highest BCUT2D eigenvalue weighted by molar-refractivity contribution is 5.94. The Balaban J connectivity index is 2.14. The molecule has 106 valence electrons. The summed E-state index contributed by atoms with van der Waals surface area (Å²) in [7, 11) is 0. The largest absolute Gasteiger partial charge is 0.334 e. The molecule has 0 radical (unpaired) electrons. The summed E-state index contributed by atoms with van der Waals surface area (Å²) in [6.07, 6.45) is 3.14. The molecule has 1 atom stereocenters. The van der Waals surface area contributed by atoms with Crippen molar-refractivity contribution in [2.45, 2.75) is 32.2 Å². The van der Waals surface area contributed by atoms with E-state index >= 15 is 0 Å². The number of carbonyl (C=O) groups is 1. The summed E-state index contributed by atoms with van der Waals surface area (Å²) in [5.74, 6) is 0.0741. The highest BCUT2D eigenvalue weighted by atomic mass is 16.2. The van der Waals surface area contributed by atoms with E-state index in [4.69, 9.17) is 5.26 Å². The van der Waals surface area contributed by atoms with Gasteiger partial charge in [-0.3, -0.25) is 4.79 Å². The van der Waals surface area contributed by atoms with Gasteiger partial charge in [-0.25, -0.2) is 0 Å². The molecule has 1 N–H and O–H groups in total. The third kappa shape index (κ3) is 3.37. The Hall–Kier alpha value is -1.86. The van der Waals surface area contributed by atoms with Crippen molar-refractivity contribution >= 4 is 5.91 Å². The van der Waals surface area contributed by atoms with Gasteiger partial charge in [-0.1, -0.05) is 6.92 Å². The van der Waals surface area contributed by atoms with E-state index in [0.29, 0.717) is 11.1 Å². The first-order valence-corrected chi connectivity index (χ1v) is 7.28. The van der Waals surface area contributed by atoms with Gasteiger partial charge in [0.25, 0.3) is 5.91 Å². The van der Waals surface area contributed by atoms with Crippen molar-refractivity contribution in [2.24, 2.45) is 0 Å². The molecule has 1 heterocycles. The molecular weight excluding hydrogens is 250 g/mol. The number of nitrogens with zero attached hydrogens (tertiary/aromatic N) is 2. The number of rotatable bonds is 4. The Morgan fingerprint density at radius 1 is 1.45 bits per heavy atom. The van der Waals surface area contributed by atoms with Crippen LogP contribution < -0.4 is 5.32 Å². The summed E-state index contributed by atoms with van der Waals surface area (Å²) < 4.78 is 0. The van der Waals surface area contributed by atoms with E-state index in [1.807, 2.05) is 4.90 Å². The molecule has 1 aromatic rings. The molecule has 20 heavy (non-hydrogen) atoms. The third-order valence-corrected chi connectivity index (χ3v) is 3.70. The van der Waals surface area contributed by atoms with E-state index in [2.05, 4.69) is 18.3 Å². The topological polar surface area (TPSA) is 56.1 Å². The summed E-state index contributed by atoms with van der Waals surface area (Å²) in [5.41, 5.74) is 1.26. The van der Waals surface area contributed by atoms with Crippen molar-refractivity contribution in [3.63, 3.8) is 0 Å². The number of amides is 1. The average Bonchev–Trinajstić information content (AvgIpc) is 2.53.